The Bertz CT molecular complexity index is 363. The van der Waals surface area contributed by atoms with Crippen LogP contribution >= 0.6 is 22.6 Å². The summed E-state index contributed by atoms with van der Waals surface area (Å²) in [5, 5.41) is 0. The third kappa shape index (κ3) is 3.24. The summed E-state index contributed by atoms with van der Waals surface area (Å²) >= 11 is 1.42. The molecule has 0 saturated heterocycles. The highest BCUT2D eigenvalue weighted by Crippen LogP contribution is 2.57. The highest BCUT2D eigenvalue weighted by atomic mass is 127. The van der Waals surface area contributed by atoms with Crippen LogP contribution in [0.15, 0.2) is 0 Å². The summed E-state index contributed by atoms with van der Waals surface area (Å²) in [6.07, 6.45) is -6.19. The van der Waals surface area contributed by atoms with Crippen LogP contribution in [0.3, 0.4) is 0 Å². The number of rotatable bonds is 3. The Kier molecular flexibility index (Phi) is 5.43. The maximum atomic E-state index is 13.8. The second kappa shape index (κ2) is 5.95. The van der Waals surface area contributed by atoms with Gasteiger partial charge in [0.2, 0.25) is 0 Å². The molecule has 1 aliphatic rings. The van der Waals surface area contributed by atoms with Gasteiger partial charge in [-0.2, -0.15) is 39.5 Å². The smallest absolute Gasteiger partial charge is 0.199 e. The van der Waals surface area contributed by atoms with Crippen molar-refractivity contribution in [3.05, 3.63) is 0 Å². The Morgan fingerprint density at radius 2 is 1.14 bits per heavy atom. The number of halogens is 10. The Morgan fingerprint density at radius 1 is 0.667 bits per heavy atom. The molecule has 1 aliphatic carbocycles. The van der Waals surface area contributed by atoms with Gasteiger partial charge in [0, 0.05) is 9.84 Å². The number of hydrogen-bond donors (Lipinski definition) is 0. The second-order valence-electron chi connectivity index (χ2n) is 5.03. The molecule has 1 saturated carbocycles. The van der Waals surface area contributed by atoms with Crippen LogP contribution in [0, 0.1) is 5.92 Å². The molecule has 0 N–H and O–H groups in total. The summed E-state index contributed by atoms with van der Waals surface area (Å²) in [4.78, 5) is 0. The van der Waals surface area contributed by atoms with E-state index in [2.05, 4.69) is 0 Å². The van der Waals surface area contributed by atoms with E-state index in [4.69, 9.17) is 0 Å². The van der Waals surface area contributed by atoms with Gasteiger partial charge in [-0.3, -0.25) is 0 Å². The van der Waals surface area contributed by atoms with E-state index in [1.165, 1.54) is 22.6 Å². The van der Waals surface area contributed by atoms with E-state index in [0.29, 0.717) is 12.8 Å². The Balaban J connectivity index is 3.19. The van der Waals surface area contributed by atoms with Crippen molar-refractivity contribution in [3.8, 4) is 0 Å². The summed E-state index contributed by atoms with van der Waals surface area (Å²) in [6.45, 7) is 0. The third-order valence-corrected chi connectivity index (χ3v) is 5.06. The largest absolute Gasteiger partial charge is 0.460 e. The van der Waals surface area contributed by atoms with E-state index >= 15 is 0 Å². The van der Waals surface area contributed by atoms with Crippen LogP contribution in [0.25, 0.3) is 0 Å². The number of hydrogen-bond acceptors (Lipinski definition) is 0. The Morgan fingerprint density at radius 3 is 1.62 bits per heavy atom. The molecule has 0 heterocycles. The SMILES string of the molecule is FC(F)(F)C(F)(F)C(F)(F)C(F)(F)C1CCCCCC1I. The molecule has 0 aromatic carbocycles. The zero-order chi connectivity index (χ0) is 16.7. The second-order valence-corrected chi connectivity index (χ2v) is 6.63. The van der Waals surface area contributed by atoms with E-state index in [0.717, 1.165) is 0 Å². The minimum Gasteiger partial charge on any atom is -0.199 e. The van der Waals surface area contributed by atoms with Crippen LogP contribution < -0.4 is 0 Å². The van der Waals surface area contributed by atoms with Crippen molar-refractivity contribution in [1.82, 2.24) is 0 Å². The standard InChI is InChI=1S/C11H12F9I/c12-8(13,6-4-2-1-3-5-7(6)21)9(14,15)10(16,17)11(18,19)20/h6-7H,1-5H2. The minimum atomic E-state index is -6.79. The lowest BCUT2D eigenvalue weighted by Crippen LogP contribution is -2.63. The Labute approximate surface area is 128 Å². The lowest BCUT2D eigenvalue weighted by molar-refractivity contribution is -0.403. The van der Waals surface area contributed by atoms with Gasteiger partial charge in [-0.15, -0.1) is 0 Å². The molecule has 126 valence electrons. The molecule has 10 heteroatoms. The van der Waals surface area contributed by atoms with Crippen molar-refractivity contribution in [2.24, 2.45) is 5.92 Å². The predicted octanol–water partition coefficient (Wildman–Crippen LogP) is 5.84. The summed E-state index contributed by atoms with van der Waals surface area (Å²) in [5.74, 6) is -20.9. The van der Waals surface area contributed by atoms with Crippen LogP contribution in [-0.2, 0) is 0 Å². The normalized spacial score (nSPS) is 26.6. The van der Waals surface area contributed by atoms with Gasteiger partial charge >= 0.3 is 23.9 Å². The van der Waals surface area contributed by atoms with E-state index in [9.17, 15) is 39.5 Å². The molecule has 2 atom stereocenters. The fourth-order valence-electron chi connectivity index (χ4n) is 2.29. The Hall–Kier alpha value is 0.1000. The maximum Gasteiger partial charge on any atom is 0.460 e. The molecular weight excluding hydrogens is 430 g/mol. The molecule has 1 rings (SSSR count). The van der Waals surface area contributed by atoms with Gasteiger partial charge < -0.3 is 0 Å². The molecular formula is C11H12F9I. The molecule has 0 amide bonds. The van der Waals surface area contributed by atoms with E-state index < -0.39 is 40.2 Å². The van der Waals surface area contributed by atoms with Crippen molar-refractivity contribution in [2.45, 2.75) is 60.0 Å². The first-order valence-electron chi connectivity index (χ1n) is 6.11. The van der Waals surface area contributed by atoms with Gasteiger partial charge in [0.25, 0.3) is 0 Å². The zero-order valence-corrected chi connectivity index (χ0v) is 12.6. The molecule has 21 heavy (non-hydrogen) atoms. The van der Waals surface area contributed by atoms with Crippen LogP contribution in [-0.4, -0.2) is 27.9 Å². The zero-order valence-electron chi connectivity index (χ0n) is 10.5. The summed E-state index contributed by atoms with van der Waals surface area (Å²) in [6, 6.07) is 0. The predicted molar refractivity (Wildman–Crippen MR) is 65.3 cm³/mol. The van der Waals surface area contributed by atoms with Crippen LogP contribution in [0.5, 0.6) is 0 Å². The quantitative estimate of drug-likeness (QED) is 0.223. The summed E-state index contributed by atoms with van der Waals surface area (Å²) in [5.41, 5.74) is 0. The molecule has 0 spiro atoms. The average Bonchev–Trinajstić information content (AvgIpc) is 2.52. The van der Waals surface area contributed by atoms with Gasteiger partial charge in [-0.05, 0) is 12.8 Å². The average molecular weight is 442 g/mol. The first kappa shape index (κ1) is 19.1. The molecule has 0 aliphatic heterocycles. The lowest BCUT2D eigenvalue weighted by atomic mass is 9.86. The molecule has 2 unspecified atom stereocenters. The van der Waals surface area contributed by atoms with Gasteiger partial charge in [0.05, 0.1) is 0 Å². The molecule has 0 aromatic heterocycles. The number of alkyl halides is 10. The van der Waals surface area contributed by atoms with E-state index in [1.54, 1.807) is 0 Å². The first-order valence-corrected chi connectivity index (χ1v) is 7.35. The summed E-state index contributed by atoms with van der Waals surface area (Å²) in [7, 11) is 0. The highest BCUT2D eigenvalue weighted by molar-refractivity contribution is 14.1. The van der Waals surface area contributed by atoms with Crippen molar-refractivity contribution < 1.29 is 39.5 Å². The lowest BCUT2D eigenvalue weighted by Gasteiger charge is -2.38. The van der Waals surface area contributed by atoms with E-state index in [-0.39, 0.29) is 12.8 Å². The monoisotopic (exact) mass is 442 g/mol. The molecule has 0 bridgehead atoms. The van der Waals surface area contributed by atoms with Crippen LogP contribution in [0.2, 0.25) is 0 Å². The van der Waals surface area contributed by atoms with Crippen LogP contribution in [0.4, 0.5) is 39.5 Å². The fraction of sp³-hybridized carbons (Fsp3) is 1.00. The van der Waals surface area contributed by atoms with Crippen molar-refractivity contribution in [2.75, 3.05) is 0 Å². The maximum absolute atomic E-state index is 13.8. The summed E-state index contributed by atoms with van der Waals surface area (Å²) < 4.78 is 115. The minimum absolute atomic E-state index is 0.0779. The van der Waals surface area contributed by atoms with Crippen LogP contribution in [0.1, 0.15) is 32.1 Å². The molecule has 1 fully saturated rings. The highest BCUT2D eigenvalue weighted by Gasteiger charge is 2.82. The van der Waals surface area contributed by atoms with Crippen molar-refractivity contribution in [1.29, 1.82) is 0 Å². The van der Waals surface area contributed by atoms with E-state index in [1.807, 2.05) is 0 Å². The molecule has 0 radical (unpaired) electrons. The van der Waals surface area contributed by atoms with Crippen molar-refractivity contribution in [3.63, 3.8) is 0 Å². The van der Waals surface area contributed by atoms with Gasteiger partial charge in [-0.25, -0.2) is 0 Å². The van der Waals surface area contributed by atoms with Gasteiger partial charge in [0.15, 0.2) is 0 Å². The fourth-order valence-corrected chi connectivity index (χ4v) is 3.54. The topological polar surface area (TPSA) is 0 Å². The van der Waals surface area contributed by atoms with Gasteiger partial charge in [0.1, 0.15) is 0 Å². The third-order valence-electron chi connectivity index (χ3n) is 3.57. The molecule has 0 nitrogen and oxygen atoms in total. The van der Waals surface area contributed by atoms with Gasteiger partial charge in [-0.1, -0.05) is 41.9 Å². The van der Waals surface area contributed by atoms with Crippen molar-refractivity contribution >= 4 is 22.6 Å². The first-order chi connectivity index (χ1) is 9.27. The molecule has 0 aromatic rings.